The van der Waals surface area contributed by atoms with Gasteiger partial charge >= 0.3 is 12.2 Å². The van der Waals surface area contributed by atoms with Crippen LogP contribution in [-0.4, -0.2) is 140 Å². The molecule has 3 aliphatic rings. The fraction of sp³-hybridized carbons (Fsp3) is 0.654. The van der Waals surface area contributed by atoms with E-state index in [-0.39, 0.29) is 54.4 Å². The Balaban J connectivity index is 1.30. The fourth-order valence-electron chi connectivity index (χ4n) is 9.44. The fourth-order valence-corrected chi connectivity index (χ4v) is 10.7. The van der Waals surface area contributed by atoms with Crippen molar-refractivity contribution < 1.29 is 46.7 Å². The molecule has 2 saturated heterocycles. The van der Waals surface area contributed by atoms with Crippen LogP contribution in [0.1, 0.15) is 118 Å². The molecule has 4 atom stereocenters. The van der Waals surface area contributed by atoms with Crippen molar-refractivity contribution in [2.75, 3.05) is 44.2 Å². The number of hydrogen-bond acceptors (Lipinski definition) is 11. The first kappa shape index (κ1) is 55.7. The number of nitrogens with one attached hydrogen (secondary N) is 5. The standard InChI is InChI=1S/C52H79N7O10S/c1-36(2)31-41(55-45(61)42(32-37-17-11-9-12-18-37)56-46(62)43(33-38-19-13-10-14-20-38)57-49(65)69-51(6,7)8)44(60)54-40(21-15-16-24-53-48(64)68-50(3,4)5)47(63)59-25-22-52(23-26-59)34-39(35-52)58-27-29-70(66,67)30-28-58/h9-14,17-20,36,39-43H,15-16,21-35H2,1-8H3,(H,53,64)(H,54,60)(H,55,61)(H,56,62)(H,57,65)/t40-,41?,42-,43-/m1/s1. The Hall–Kier alpha value is -5.23. The summed E-state index contributed by atoms with van der Waals surface area (Å²) in [4.78, 5) is 87.2. The maximum Gasteiger partial charge on any atom is 0.408 e. The molecule has 0 bridgehead atoms. The molecule has 2 aromatic rings. The van der Waals surface area contributed by atoms with Crippen molar-refractivity contribution in [1.82, 2.24) is 36.4 Å². The highest BCUT2D eigenvalue weighted by Crippen LogP contribution is 2.51. The molecule has 2 aliphatic heterocycles. The normalized spacial score (nSPS) is 18.8. The van der Waals surface area contributed by atoms with Gasteiger partial charge in [0.05, 0.1) is 11.5 Å². The van der Waals surface area contributed by atoms with Gasteiger partial charge in [-0.3, -0.25) is 24.1 Å². The van der Waals surface area contributed by atoms with Gasteiger partial charge in [-0.05, 0) is 115 Å². The van der Waals surface area contributed by atoms with Crippen molar-refractivity contribution >= 4 is 45.7 Å². The van der Waals surface area contributed by atoms with Crippen molar-refractivity contribution in [2.45, 2.75) is 161 Å². The van der Waals surface area contributed by atoms with Gasteiger partial charge in [0, 0.05) is 51.6 Å². The molecule has 2 aromatic carbocycles. The lowest BCUT2D eigenvalue weighted by Gasteiger charge is -2.56. The molecule has 70 heavy (non-hydrogen) atoms. The number of carbonyl (C=O) groups excluding carboxylic acids is 6. The summed E-state index contributed by atoms with van der Waals surface area (Å²) < 4.78 is 34.9. The van der Waals surface area contributed by atoms with Gasteiger partial charge in [0.15, 0.2) is 9.84 Å². The summed E-state index contributed by atoms with van der Waals surface area (Å²) in [6, 6.07) is 14.4. The number of benzene rings is 2. The molecule has 0 aromatic heterocycles. The largest absolute Gasteiger partial charge is 0.444 e. The third kappa shape index (κ3) is 18.2. The zero-order valence-electron chi connectivity index (χ0n) is 42.6. The first-order valence-corrected chi connectivity index (χ1v) is 26.9. The number of nitrogens with zero attached hydrogens (tertiary/aromatic N) is 2. The van der Waals surface area contributed by atoms with Crippen molar-refractivity contribution in [2.24, 2.45) is 11.3 Å². The lowest BCUT2D eigenvalue weighted by molar-refractivity contribution is -0.141. The summed E-state index contributed by atoms with van der Waals surface area (Å²) >= 11 is 0. The summed E-state index contributed by atoms with van der Waals surface area (Å²) in [5, 5.41) is 14.3. The molecule has 1 unspecified atom stereocenters. The van der Waals surface area contributed by atoms with E-state index in [0.717, 1.165) is 36.8 Å². The summed E-state index contributed by atoms with van der Waals surface area (Å²) in [5.41, 5.74) is 0.130. The van der Waals surface area contributed by atoms with E-state index in [9.17, 15) is 37.2 Å². The minimum Gasteiger partial charge on any atom is -0.444 e. The van der Waals surface area contributed by atoms with Crippen LogP contribution in [0.4, 0.5) is 9.59 Å². The van der Waals surface area contributed by atoms with E-state index in [1.54, 1.807) is 41.5 Å². The molecule has 6 amide bonds. The Bertz CT molecular complexity index is 2170. The average molecular weight is 994 g/mol. The first-order valence-electron chi connectivity index (χ1n) is 25.1. The zero-order chi connectivity index (χ0) is 51.3. The summed E-state index contributed by atoms with van der Waals surface area (Å²) in [7, 11) is -2.97. The van der Waals surface area contributed by atoms with E-state index in [1.807, 2.05) is 79.4 Å². The molecule has 1 aliphatic carbocycles. The van der Waals surface area contributed by atoms with Crippen LogP contribution in [-0.2, 0) is 51.3 Å². The quantitative estimate of drug-likeness (QED) is 0.110. The first-order chi connectivity index (χ1) is 32.9. The molecule has 18 heteroatoms. The maximum atomic E-state index is 14.5. The highest BCUT2D eigenvalue weighted by molar-refractivity contribution is 7.91. The number of unbranched alkanes of at least 4 members (excludes halogenated alkanes) is 1. The number of sulfone groups is 1. The van der Waals surface area contributed by atoms with E-state index in [1.165, 1.54) is 0 Å². The zero-order valence-corrected chi connectivity index (χ0v) is 43.5. The Morgan fingerprint density at radius 2 is 1.11 bits per heavy atom. The van der Waals surface area contributed by atoms with Gasteiger partial charge in [0.2, 0.25) is 23.6 Å². The van der Waals surface area contributed by atoms with Crippen LogP contribution in [0.3, 0.4) is 0 Å². The van der Waals surface area contributed by atoms with Gasteiger partial charge in [-0.1, -0.05) is 74.5 Å². The number of alkyl carbamates (subject to hydrolysis) is 2. The predicted molar refractivity (Wildman–Crippen MR) is 268 cm³/mol. The van der Waals surface area contributed by atoms with Crippen LogP contribution in [0.5, 0.6) is 0 Å². The molecule has 5 rings (SSSR count). The minimum atomic E-state index is -2.97. The second kappa shape index (κ2) is 24.7. The van der Waals surface area contributed by atoms with Gasteiger partial charge < -0.3 is 41.0 Å². The maximum absolute atomic E-state index is 14.5. The molecule has 1 spiro atoms. The van der Waals surface area contributed by atoms with Gasteiger partial charge in [-0.25, -0.2) is 18.0 Å². The molecule has 17 nitrogen and oxygen atoms in total. The number of amides is 6. The number of rotatable bonds is 20. The van der Waals surface area contributed by atoms with E-state index in [0.29, 0.717) is 51.6 Å². The van der Waals surface area contributed by atoms with Gasteiger partial charge in [-0.15, -0.1) is 0 Å². The van der Waals surface area contributed by atoms with E-state index in [2.05, 4.69) is 31.5 Å². The monoisotopic (exact) mass is 994 g/mol. The smallest absolute Gasteiger partial charge is 0.408 e. The van der Waals surface area contributed by atoms with E-state index < -0.39 is 75.1 Å². The predicted octanol–water partition coefficient (Wildman–Crippen LogP) is 5.06. The van der Waals surface area contributed by atoms with Crippen LogP contribution in [0.2, 0.25) is 0 Å². The summed E-state index contributed by atoms with van der Waals surface area (Å²) in [6.45, 7) is 16.8. The second-order valence-electron chi connectivity index (χ2n) is 21.9. The van der Waals surface area contributed by atoms with Gasteiger partial charge in [-0.2, -0.15) is 0 Å². The molecule has 5 N–H and O–H groups in total. The molecular weight excluding hydrogens is 915 g/mol. The Morgan fingerprint density at radius 1 is 0.643 bits per heavy atom. The molecule has 388 valence electrons. The summed E-state index contributed by atoms with van der Waals surface area (Å²) in [5.74, 6) is -1.66. The van der Waals surface area contributed by atoms with Crippen LogP contribution in [0.15, 0.2) is 60.7 Å². The van der Waals surface area contributed by atoms with Gasteiger partial charge in [0.25, 0.3) is 0 Å². The van der Waals surface area contributed by atoms with Crippen LogP contribution < -0.4 is 26.6 Å². The lowest BCUT2D eigenvalue weighted by Crippen LogP contribution is -2.60. The van der Waals surface area contributed by atoms with E-state index >= 15 is 0 Å². The number of hydrogen-bond donors (Lipinski definition) is 5. The number of piperidine rings is 1. The lowest BCUT2D eigenvalue weighted by atomic mass is 9.60. The average Bonchev–Trinajstić information content (AvgIpc) is 3.26. The molecule has 3 fully saturated rings. The molecular formula is C52H79N7O10S. The van der Waals surface area contributed by atoms with Crippen molar-refractivity contribution in [3.05, 3.63) is 71.8 Å². The molecule has 0 radical (unpaired) electrons. The Kier molecular flexibility index (Phi) is 19.7. The van der Waals surface area contributed by atoms with Crippen molar-refractivity contribution in [3.8, 4) is 0 Å². The highest BCUT2D eigenvalue weighted by atomic mass is 32.2. The summed E-state index contributed by atoms with van der Waals surface area (Å²) in [6.07, 6.45) is 3.93. The SMILES string of the molecule is CC(C)CC(NC(=O)[C@@H](Cc1ccccc1)NC(=O)[C@@H](Cc1ccccc1)NC(=O)OC(C)(C)C)C(=O)N[C@H](CCCCNC(=O)OC(C)(C)C)C(=O)N1CCC2(CC1)CC(N1CCS(=O)(=O)CC1)C2. The van der Waals surface area contributed by atoms with Crippen LogP contribution in [0, 0.1) is 11.3 Å². The molecule has 1 saturated carbocycles. The Morgan fingerprint density at radius 3 is 1.63 bits per heavy atom. The third-order valence-electron chi connectivity index (χ3n) is 13.1. The third-order valence-corrected chi connectivity index (χ3v) is 14.7. The van der Waals surface area contributed by atoms with Crippen LogP contribution in [0.25, 0.3) is 0 Å². The Labute approximate surface area is 415 Å². The van der Waals surface area contributed by atoms with Crippen LogP contribution >= 0.6 is 0 Å². The number of ether oxygens (including phenoxy) is 2. The van der Waals surface area contributed by atoms with Crippen molar-refractivity contribution in [1.29, 1.82) is 0 Å². The van der Waals surface area contributed by atoms with Gasteiger partial charge in [0.1, 0.15) is 35.4 Å². The number of carbonyl (C=O) groups is 6. The van der Waals surface area contributed by atoms with Crippen molar-refractivity contribution in [3.63, 3.8) is 0 Å². The second-order valence-corrected chi connectivity index (χ2v) is 24.2. The molecule has 2 heterocycles. The number of likely N-dealkylation sites (tertiary alicyclic amines) is 1. The van der Waals surface area contributed by atoms with E-state index in [4.69, 9.17) is 9.47 Å². The minimum absolute atomic E-state index is 0.0569. The topological polar surface area (TPSA) is 222 Å². The highest BCUT2D eigenvalue weighted by Gasteiger charge is 2.49.